The average Bonchev–Trinajstić information content (AvgIpc) is 2.39. The molecule has 0 radical (unpaired) electrons. The zero-order chi connectivity index (χ0) is 13.7. The molecule has 1 heterocycles. The van der Waals surface area contributed by atoms with Crippen LogP contribution in [-0.4, -0.2) is 17.2 Å². The Balaban J connectivity index is 2.21. The number of rotatable bonds is 3. The lowest BCUT2D eigenvalue weighted by Gasteiger charge is -2.02. The maximum atomic E-state index is 10.5. The summed E-state index contributed by atoms with van der Waals surface area (Å²) >= 11 is 5.84. The first-order valence-electron chi connectivity index (χ1n) is 5.44. The zero-order valence-corrected chi connectivity index (χ0v) is 10.6. The fourth-order valence-corrected chi connectivity index (χ4v) is 1.62. The molecule has 96 valence electrons. The number of benzene rings is 1. The van der Waals surface area contributed by atoms with Crippen molar-refractivity contribution in [3.8, 4) is 11.1 Å². The molecule has 3 N–H and O–H groups in total. The van der Waals surface area contributed by atoms with Gasteiger partial charge in [0.2, 0.25) is 0 Å². The van der Waals surface area contributed by atoms with Crippen LogP contribution in [0.4, 0.5) is 4.79 Å². The van der Waals surface area contributed by atoms with Crippen LogP contribution in [0.1, 0.15) is 5.56 Å². The van der Waals surface area contributed by atoms with E-state index in [2.05, 4.69) is 15.5 Å². The van der Waals surface area contributed by atoms with Crippen molar-refractivity contribution in [3.05, 3.63) is 53.3 Å². The summed E-state index contributed by atoms with van der Waals surface area (Å²) in [5.41, 5.74) is 9.70. The summed E-state index contributed by atoms with van der Waals surface area (Å²) in [7, 11) is 0. The standard InChI is InChI=1S/C13H11ClN4O/c14-12-3-1-10(2-4-12)11-5-9(6-16-8-11)7-17-18-13(15)19/h1-8H,(H3,15,18,19)/b17-7+. The van der Waals surface area contributed by atoms with Gasteiger partial charge >= 0.3 is 6.03 Å². The van der Waals surface area contributed by atoms with Gasteiger partial charge in [-0.1, -0.05) is 23.7 Å². The van der Waals surface area contributed by atoms with E-state index in [0.717, 1.165) is 16.7 Å². The SMILES string of the molecule is NC(=O)N/N=C/c1cncc(-c2ccc(Cl)cc2)c1. The van der Waals surface area contributed by atoms with Gasteiger partial charge in [-0.05, 0) is 23.8 Å². The Bertz CT molecular complexity index is 610. The molecule has 1 aromatic carbocycles. The first-order valence-corrected chi connectivity index (χ1v) is 5.82. The van der Waals surface area contributed by atoms with E-state index in [0.29, 0.717) is 5.02 Å². The van der Waals surface area contributed by atoms with E-state index in [1.54, 1.807) is 12.4 Å². The summed E-state index contributed by atoms with van der Waals surface area (Å²) in [4.78, 5) is 14.6. The second kappa shape index (κ2) is 5.97. The number of hydrogen-bond acceptors (Lipinski definition) is 3. The molecule has 2 aromatic rings. The fraction of sp³-hybridized carbons (Fsp3) is 0. The normalized spacial score (nSPS) is 10.6. The van der Waals surface area contributed by atoms with Gasteiger partial charge < -0.3 is 5.73 Å². The molecule has 0 saturated heterocycles. The Kier molecular flexibility index (Phi) is 4.10. The number of urea groups is 1. The van der Waals surface area contributed by atoms with Crippen molar-refractivity contribution in [1.29, 1.82) is 0 Å². The van der Waals surface area contributed by atoms with Crippen molar-refractivity contribution in [2.75, 3.05) is 0 Å². The molecule has 0 saturated carbocycles. The van der Waals surface area contributed by atoms with Gasteiger partial charge in [0.05, 0.1) is 6.21 Å². The molecule has 2 amide bonds. The highest BCUT2D eigenvalue weighted by Gasteiger charge is 1.99. The number of carbonyl (C=O) groups excluding carboxylic acids is 1. The van der Waals surface area contributed by atoms with Gasteiger partial charge in [0.1, 0.15) is 0 Å². The molecule has 0 bridgehead atoms. The van der Waals surface area contributed by atoms with E-state index >= 15 is 0 Å². The second-order valence-electron chi connectivity index (χ2n) is 3.75. The first kappa shape index (κ1) is 13.0. The number of nitrogens with two attached hydrogens (primary N) is 1. The number of hydrogen-bond donors (Lipinski definition) is 2. The summed E-state index contributed by atoms with van der Waals surface area (Å²) in [6.07, 6.45) is 4.84. The Morgan fingerprint density at radius 2 is 2.00 bits per heavy atom. The van der Waals surface area contributed by atoms with E-state index in [-0.39, 0.29) is 0 Å². The van der Waals surface area contributed by atoms with Crippen LogP contribution in [0.3, 0.4) is 0 Å². The largest absolute Gasteiger partial charge is 0.350 e. The van der Waals surface area contributed by atoms with Crippen molar-refractivity contribution in [2.24, 2.45) is 10.8 Å². The van der Waals surface area contributed by atoms with Crippen LogP contribution in [0, 0.1) is 0 Å². The number of nitrogens with zero attached hydrogens (tertiary/aromatic N) is 2. The smallest absolute Gasteiger partial charge is 0.332 e. The van der Waals surface area contributed by atoms with Crippen molar-refractivity contribution >= 4 is 23.8 Å². The minimum Gasteiger partial charge on any atom is -0.350 e. The van der Waals surface area contributed by atoms with Crippen molar-refractivity contribution < 1.29 is 4.79 Å². The number of hydrazone groups is 1. The highest BCUT2D eigenvalue weighted by atomic mass is 35.5. The minimum atomic E-state index is -0.710. The van der Waals surface area contributed by atoms with Crippen LogP contribution in [0.25, 0.3) is 11.1 Å². The van der Waals surface area contributed by atoms with Gasteiger partial charge in [0.15, 0.2) is 0 Å². The number of halogens is 1. The molecule has 0 atom stereocenters. The lowest BCUT2D eigenvalue weighted by Crippen LogP contribution is -2.24. The van der Waals surface area contributed by atoms with Crippen molar-refractivity contribution in [3.63, 3.8) is 0 Å². The second-order valence-corrected chi connectivity index (χ2v) is 4.18. The summed E-state index contributed by atoms with van der Waals surface area (Å²) in [6, 6.07) is 8.61. The van der Waals surface area contributed by atoms with Gasteiger partial charge in [-0.3, -0.25) is 4.98 Å². The number of nitrogens with one attached hydrogen (secondary N) is 1. The molecule has 0 unspecified atom stereocenters. The topological polar surface area (TPSA) is 80.4 Å². The Hall–Kier alpha value is -2.40. The molecule has 5 nitrogen and oxygen atoms in total. The van der Waals surface area contributed by atoms with Crippen molar-refractivity contribution in [2.45, 2.75) is 0 Å². The van der Waals surface area contributed by atoms with E-state index < -0.39 is 6.03 Å². The van der Waals surface area contributed by atoms with Gasteiger partial charge in [0.25, 0.3) is 0 Å². The number of aromatic nitrogens is 1. The van der Waals surface area contributed by atoms with Crippen LogP contribution in [0.15, 0.2) is 47.8 Å². The number of pyridine rings is 1. The average molecular weight is 275 g/mol. The quantitative estimate of drug-likeness (QED) is 0.666. The summed E-state index contributed by atoms with van der Waals surface area (Å²) in [5.74, 6) is 0. The van der Waals surface area contributed by atoms with Gasteiger partial charge in [0, 0.05) is 28.5 Å². The van der Waals surface area contributed by atoms with E-state index in [1.165, 1.54) is 6.21 Å². The molecule has 0 aliphatic rings. The van der Waals surface area contributed by atoms with Crippen LogP contribution in [0.5, 0.6) is 0 Å². The monoisotopic (exact) mass is 274 g/mol. The van der Waals surface area contributed by atoms with Crippen LogP contribution < -0.4 is 11.2 Å². The fourth-order valence-electron chi connectivity index (χ4n) is 1.50. The van der Waals surface area contributed by atoms with Gasteiger partial charge in [-0.15, -0.1) is 0 Å². The lowest BCUT2D eigenvalue weighted by molar-refractivity contribution is 0.249. The summed E-state index contributed by atoms with van der Waals surface area (Å²) < 4.78 is 0. The third-order valence-electron chi connectivity index (χ3n) is 2.33. The van der Waals surface area contributed by atoms with Crippen LogP contribution >= 0.6 is 11.6 Å². The summed E-state index contributed by atoms with van der Waals surface area (Å²) in [6.45, 7) is 0. The summed E-state index contributed by atoms with van der Waals surface area (Å²) in [5, 5.41) is 4.36. The molecule has 0 spiro atoms. The predicted molar refractivity (Wildman–Crippen MR) is 75.0 cm³/mol. The molecule has 2 rings (SSSR count). The minimum absolute atomic E-state index is 0.681. The Labute approximate surface area is 115 Å². The third-order valence-corrected chi connectivity index (χ3v) is 2.58. The van der Waals surface area contributed by atoms with E-state index in [9.17, 15) is 4.79 Å². The first-order chi connectivity index (χ1) is 9.15. The van der Waals surface area contributed by atoms with E-state index in [1.807, 2.05) is 30.3 Å². The molecule has 6 heteroatoms. The third kappa shape index (κ3) is 3.79. The highest BCUT2D eigenvalue weighted by Crippen LogP contribution is 2.21. The molecular weight excluding hydrogens is 264 g/mol. The number of carbonyl (C=O) groups is 1. The maximum Gasteiger partial charge on any atom is 0.332 e. The molecule has 0 fully saturated rings. The van der Waals surface area contributed by atoms with Gasteiger partial charge in [-0.25, -0.2) is 10.2 Å². The molecule has 0 aliphatic heterocycles. The number of primary amides is 1. The van der Waals surface area contributed by atoms with Crippen LogP contribution in [-0.2, 0) is 0 Å². The predicted octanol–water partition coefficient (Wildman–Crippen LogP) is 2.40. The lowest BCUT2D eigenvalue weighted by atomic mass is 10.1. The maximum absolute atomic E-state index is 10.5. The Morgan fingerprint density at radius 3 is 2.68 bits per heavy atom. The van der Waals surface area contributed by atoms with Crippen molar-refractivity contribution in [1.82, 2.24) is 10.4 Å². The van der Waals surface area contributed by atoms with E-state index in [4.69, 9.17) is 17.3 Å². The molecule has 0 aliphatic carbocycles. The highest BCUT2D eigenvalue weighted by molar-refractivity contribution is 6.30. The van der Waals surface area contributed by atoms with Gasteiger partial charge in [-0.2, -0.15) is 5.10 Å². The molecule has 19 heavy (non-hydrogen) atoms. The molecule has 1 aromatic heterocycles. The molecular formula is C13H11ClN4O. The van der Waals surface area contributed by atoms with Crippen LogP contribution in [0.2, 0.25) is 5.02 Å². The Morgan fingerprint density at radius 1 is 1.26 bits per heavy atom. The number of amides is 2. The zero-order valence-electron chi connectivity index (χ0n) is 9.88.